The Morgan fingerprint density at radius 1 is 1.37 bits per heavy atom. The highest BCUT2D eigenvalue weighted by molar-refractivity contribution is 5.83. The number of amides is 1. The molecule has 0 bridgehead atoms. The summed E-state index contributed by atoms with van der Waals surface area (Å²) in [5, 5.41) is 3.92. The smallest absolute Gasteiger partial charge is 0.240 e. The third-order valence-corrected chi connectivity index (χ3v) is 2.81. The van der Waals surface area contributed by atoms with E-state index in [4.69, 9.17) is 9.47 Å². The minimum atomic E-state index is -0.0505. The zero-order valence-electron chi connectivity index (χ0n) is 11.0. The highest BCUT2D eigenvalue weighted by Crippen LogP contribution is 2.31. The van der Waals surface area contributed by atoms with Crippen LogP contribution in [0.4, 0.5) is 0 Å². The molecule has 1 aliphatic rings. The SMILES string of the molecule is CCCCCC(=O)N/N=C/c1ccc2c(c1)OCO2. The molecule has 2 rings (SSSR count). The van der Waals surface area contributed by atoms with Crippen molar-refractivity contribution in [3.05, 3.63) is 23.8 Å². The zero-order valence-corrected chi connectivity index (χ0v) is 11.0. The summed E-state index contributed by atoms with van der Waals surface area (Å²) in [6.45, 7) is 2.36. The van der Waals surface area contributed by atoms with Crippen molar-refractivity contribution in [2.24, 2.45) is 5.10 Å². The molecule has 5 nitrogen and oxygen atoms in total. The predicted molar refractivity (Wildman–Crippen MR) is 72.4 cm³/mol. The van der Waals surface area contributed by atoms with Crippen molar-refractivity contribution in [1.82, 2.24) is 5.43 Å². The average molecular weight is 262 g/mol. The second-order valence-corrected chi connectivity index (χ2v) is 4.36. The van der Waals surface area contributed by atoms with Crippen molar-refractivity contribution in [1.29, 1.82) is 0 Å². The van der Waals surface area contributed by atoms with Crippen LogP contribution in [-0.4, -0.2) is 18.9 Å². The van der Waals surface area contributed by atoms with Crippen molar-refractivity contribution in [3.63, 3.8) is 0 Å². The molecular formula is C14H18N2O3. The second kappa shape index (κ2) is 6.78. The summed E-state index contributed by atoms with van der Waals surface area (Å²) in [5.74, 6) is 1.39. The fourth-order valence-corrected chi connectivity index (χ4v) is 1.76. The van der Waals surface area contributed by atoms with Gasteiger partial charge in [0.05, 0.1) is 6.21 Å². The normalized spacial score (nSPS) is 12.9. The first-order valence-electron chi connectivity index (χ1n) is 6.51. The maximum absolute atomic E-state index is 11.4. The van der Waals surface area contributed by atoms with Crippen LogP contribution in [0.2, 0.25) is 0 Å². The molecule has 1 aromatic carbocycles. The van der Waals surface area contributed by atoms with Gasteiger partial charge in [-0.25, -0.2) is 5.43 Å². The maximum Gasteiger partial charge on any atom is 0.240 e. The van der Waals surface area contributed by atoms with Crippen LogP contribution in [0.1, 0.15) is 38.2 Å². The first-order chi connectivity index (χ1) is 9.29. The Kier molecular flexibility index (Phi) is 4.78. The summed E-state index contributed by atoms with van der Waals surface area (Å²) in [6.07, 6.45) is 5.20. The number of nitrogens with one attached hydrogen (secondary N) is 1. The summed E-state index contributed by atoms with van der Waals surface area (Å²) in [7, 11) is 0. The molecular weight excluding hydrogens is 244 g/mol. The van der Waals surface area contributed by atoms with Crippen molar-refractivity contribution < 1.29 is 14.3 Å². The lowest BCUT2D eigenvalue weighted by Gasteiger charge is -1.99. The third-order valence-electron chi connectivity index (χ3n) is 2.81. The number of fused-ring (bicyclic) bond motifs is 1. The zero-order chi connectivity index (χ0) is 13.5. The Bertz CT molecular complexity index is 472. The largest absolute Gasteiger partial charge is 0.454 e. The summed E-state index contributed by atoms with van der Waals surface area (Å²) < 4.78 is 10.5. The molecule has 1 aliphatic heterocycles. The number of unbranched alkanes of at least 4 members (excludes halogenated alkanes) is 2. The van der Waals surface area contributed by atoms with Crippen LogP contribution >= 0.6 is 0 Å². The van der Waals surface area contributed by atoms with Crippen LogP contribution in [0.5, 0.6) is 11.5 Å². The fourth-order valence-electron chi connectivity index (χ4n) is 1.76. The van der Waals surface area contributed by atoms with E-state index in [1.165, 1.54) is 0 Å². The molecule has 0 saturated carbocycles. The number of hydrogen-bond acceptors (Lipinski definition) is 4. The Labute approximate surface area is 112 Å². The predicted octanol–water partition coefficient (Wildman–Crippen LogP) is 2.45. The van der Waals surface area contributed by atoms with Gasteiger partial charge >= 0.3 is 0 Å². The van der Waals surface area contributed by atoms with Crippen LogP contribution in [0.3, 0.4) is 0 Å². The van der Waals surface area contributed by atoms with E-state index in [-0.39, 0.29) is 12.7 Å². The molecule has 1 amide bonds. The van der Waals surface area contributed by atoms with Crippen molar-refractivity contribution >= 4 is 12.1 Å². The number of rotatable bonds is 6. The molecule has 0 aliphatic carbocycles. The molecule has 0 fully saturated rings. The quantitative estimate of drug-likeness (QED) is 0.486. The van der Waals surface area contributed by atoms with Gasteiger partial charge in [0, 0.05) is 6.42 Å². The molecule has 1 aromatic rings. The van der Waals surface area contributed by atoms with Crippen molar-refractivity contribution in [2.75, 3.05) is 6.79 Å². The van der Waals surface area contributed by atoms with Gasteiger partial charge in [0.1, 0.15) is 0 Å². The van der Waals surface area contributed by atoms with Gasteiger partial charge in [0.15, 0.2) is 11.5 Å². The van der Waals surface area contributed by atoms with Gasteiger partial charge in [-0.2, -0.15) is 5.10 Å². The lowest BCUT2D eigenvalue weighted by atomic mass is 10.2. The van der Waals surface area contributed by atoms with E-state index in [0.717, 1.165) is 30.6 Å². The summed E-state index contributed by atoms with van der Waals surface area (Å²) in [4.78, 5) is 11.4. The molecule has 1 heterocycles. The topological polar surface area (TPSA) is 59.9 Å². The van der Waals surface area contributed by atoms with Crippen LogP contribution in [0, 0.1) is 0 Å². The van der Waals surface area contributed by atoms with Crippen LogP contribution in [0.25, 0.3) is 0 Å². The lowest BCUT2D eigenvalue weighted by molar-refractivity contribution is -0.121. The van der Waals surface area contributed by atoms with Gasteiger partial charge < -0.3 is 9.47 Å². The van der Waals surface area contributed by atoms with Crippen LogP contribution in [0.15, 0.2) is 23.3 Å². The molecule has 5 heteroatoms. The second-order valence-electron chi connectivity index (χ2n) is 4.36. The number of benzene rings is 1. The Morgan fingerprint density at radius 2 is 2.21 bits per heavy atom. The highest BCUT2D eigenvalue weighted by Gasteiger charge is 2.12. The number of carbonyl (C=O) groups is 1. The molecule has 1 N–H and O–H groups in total. The number of hydrogen-bond donors (Lipinski definition) is 1. The minimum absolute atomic E-state index is 0.0505. The standard InChI is InChI=1S/C14H18N2O3/c1-2-3-4-5-14(17)16-15-9-11-6-7-12-13(8-11)19-10-18-12/h6-9H,2-5,10H2,1H3,(H,16,17)/b15-9+. The number of hydrazone groups is 1. The average Bonchev–Trinajstić information content (AvgIpc) is 2.86. The maximum atomic E-state index is 11.4. The molecule has 0 unspecified atom stereocenters. The minimum Gasteiger partial charge on any atom is -0.454 e. The van der Waals surface area contributed by atoms with E-state index in [1.54, 1.807) is 6.21 Å². The first kappa shape index (κ1) is 13.4. The number of ether oxygens (including phenoxy) is 2. The van der Waals surface area contributed by atoms with Crippen LogP contribution in [-0.2, 0) is 4.79 Å². The molecule has 0 radical (unpaired) electrons. The number of nitrogens with zero attached hydrogens (tertiary/aromatic N) is 1. The Balaban J connectivity index is 1.80. The van der Waals surface area contributed by atoms with Gasteiger partial charge in [-0.3, -0.25) is 4.79 Å². The monoisotopic (exact) mass is 262 g/mol. The van der Waals surface area contributed by atoms with E-state index in [2.05, 4.69) is 17.5 Å². The molecule has 102 valence electrons. The fraction of sp³-hybridized carbons (Fsp3) is 0.429. The van der Waals surface area contributed by atoms with Crippen LogP contribution < -0.4 is 14.9 Å². The Hall–Kier alpha value is -2.04. The first-order valence-corrected chi connectivity index (χ1v) is 6.51. The van der Waals surface area contributed by atoms with Gasteiger partial charge in [-0.15, -0.1) is 0 Å². The molecule has 0 aromatic heterocycles. The van der Waals surface area contributed by atoms with Gasteiger partial charge in [-0.05, 0) is 30.2 Å². The highest BCUT2D eigenvalue weighted by atomic mass is 16.7. The van der Waals surface area contributed by atoms with Crippen molar-refractivity contribution in [3.8, 4) is 11.5 Å². The molecule has 0 atom stereocenters. The van der Waals surface area contributed by atoms with E-state index in [0.29, 0.717) is 12.2 Å². The van der Waals surface area contributed by atoms with E-state index < -0.39 is 0 Å². The molecule has 0 spiro atoms. The van der Waals surface area contributed by atoms with E-state index in [9.17, 15) is 4.79 Å². The summed E-state index contributed by atoms with van der Waals surface area (Å²) >= 11 is 0. The van der Waals surface area contributed by atoms with Gasteiger partial charge in [0.2, 0.25) is 12.7 Å². The van der Waals surface area contributed by atoms with Gasteiger partial charge in [-0.1, -0.05) is 19.8 Å². The number of carbonyl (C=O) groups excluding carboxylic acids is 1. The molecule has 0 saturated heterocycles. The van der Waals surface area contributed by atoms with Gasteiger partial charge in [0.25, 0.3) is 0 Å². The van der Waals surface area contributed by atoms with Crippen molar-refractivity contribution in [2.45, 2.75) is 32.6 Å². The van der Waals surface area contributed by atoms with E-state index in [1.807, 2.05) is 18.2 Å². The summed E-state index contributed by atoms with van der Waals surface area (Å²) in [6, 6.07) is 5.52. The summed E-state index contributed by atoms with van der Waals surface area (Å²) in [5.41, 5.74) is 3.38. The molecule has 19 heavy (non-hydrogen) atoms. The lowest BCUT2D eigenvalue weighted by Crippen LogP contribution is -2.16. The third kappa shape index (κ3) is 3.98. The van der Waals surface area contributed by atoms with E-state index >= 15 is 0 Å². The Morgan fingerprint density at radius 3 is 3.05 bits per heavy atom.